The van der Waals surface area contributed by atoms with Gasteiger partial charge in [-0.1, -0.05) is 24.3 Å². The second-order valence-electron chi connectivity index (χ2n) is 5.50. The lowest BCUT2D eigenvalue weighted by molar-refractivity contribution is -0.111. The van der Waals surface area contributed by atoms with Crippen LogP contribution in [0.25, 0.3) is 16.5 Å². The summed E-state index contributed by atoms with van der Waals surface area (Å²) in [6.07, 6.45) is 2.93. The highest BCUT2D eigenvalue weighted by molar-refractivity contribution is 7.32. The minimum atomic E-state index is -2.73. The molecule has 0 radical (unpaired) electrons. The van der Waals surface area contributed by atoms with Gasteiger partial charge in [0.25, 0.3) is 0 Å². The number of anilines is 2. The number of carbonyl (C=O) groups excluding carboxylic acids is 1. The van der Waals surface area contributed by atoms with Gasteiger partial charge in [-0.25, -0.2) is 4.52 Å². The van der Waals surface area contributed by atoms with Crippen LogP contribution in [0.3, 0.4) is 0 Å². The van der Waals surface area contributed by atoms with Gasteiger partial charge in [0, 0.05) is 15.5 Å². The first-order valence-corrected chi connectivity index (χ1v) is 9.89. The molecule has 136 valence electrons. The van der Waals surface area contributed by atoms with Gasteiger partial charge >= 0.3 is 8.25 Å². The lowest BCUT2D eigenvalue weighted by atomic mass is 10.1. The third kappa shape index (κ3) is 5.24. The summed E-state index contributed by atoms with van der Waals surface area (Å²) in [7, 11) is -2.73. The Morgan fingerprint density at radius 1 is 1.19 bits per heavy atom. The van der Waals surface area contributed by atoms with Crippen molar-refractivity contribution >= 4 is 42.9 Å². The van der Waals surface area contributed by atoms with Crippen LogP contribution in [0.1, 0.15) is 5.56 Å². The van der Waals surface area contributed by atoms with Gasteiger partial charge in [0.1, 0.15) is 0 Å². The van der Waals surface area contributed by atoms with E-state index in [0.717, 1.165) is 10.4 Å². The van der Waals surface area contributed by atoms with Crippen molar-refractivity contribution in [3.05, 3.63) is 71.6 Å². The number of benzene rings is 2. The monoisotopic (exact) mass is 399 g/mol. The van der Waals surface area contributed by atoms with Crippen LogP contribution < -0.4 is 15.6 Å². The SMILES string of the molecule is Nc1ccc(-c2cccs2)cc1NC(=O)C=Cc1cccc(O[P+](=O)O)c1. The molecule has 6 nitrogen and oxygen atoms in total. The number of hydrogen-bond acceptors (Lipinski definition) is 5. The predicted octanol–water partition coefficient (Wildman–Crippen LogP) is 4.68. The lowest BCUT2D eigenvalue weighted by Crippen LogP contribution is -2.09. The van der Waals surface area contributed by atoms with E-state index in [9.17, 15) is 9.36 Å². The Morgan fingerprint density at radius 3 is 2.78 bits per heavy atom. The van der Waals surface area contributed by atoms with Gasteiger partial charge in [-0.2, -0.15) is 0 Å². The molecule has 1 atom stereocenters. The zero-order chi connectivity index (χ0) is 19.2. The van der Waals surface area contributed by atoms with E-state index >= 15 is 0 Å². The van der Waals surface area contributed by atoms with Gasteiger partial charge in [-0.05, 0) is 52.9 Å². The highest BCUT2D eigenvalue weighted by atomic mass is 32.1. The Kier molecular flexibility index (Phi) is 5.98. The van der Waals surface area contributed by atoms with E-state index in [1.165, 1.54) is 6.08 Å². The molecular formula is C19H16N2O4PS+. The maximum atomic E-state index is 12.2. The average molecular weight is 399 g/mol. The van der Waals surface area contributed by atoms with Gasteiger partial charge in [-0.15, -0.1) is 16.2 Å². The summed E-state index contributed by atoms with van der Waals surface area (Å²) in [6.45, 7) is 0. The molecule has 0 aliphatic carbocycles. The number of carbonyl (C=O) groups is 1. The zero-order valence-electron chi connectivity index (χ0n) is 14.0. The number of thiophene rings is 1. The fourth-order valence-corrected chi connectivity index (χ4v) is 3.39. The largest absolute Gasteiger partial charge is 0.747 e. The molecule has 0 aliphatic heterocycles. The van der Waals surface area contributed by atoms with Crippen molar-refractivity contribution in [2.45, 2.75) is 0 Å². The van der Waals surface area contributed by atoms with Crippen LogP contribution in [0, 0.1) is 0 Å². The minimum absolute atomic E-state index is 0.245. The third-order valence-electron chi connectivity index (χ3n) is 3.59. The van der Waals surface area contributed by atoms with Crippen LogP contribution in [-0.2, 0) is 9.36 Å². The number of hydrogen-bond donors (Lipinski definition) is 3. The number of amides is 1. The number of rotatable bonds is 6. The van der Waals surface area contributed by atoms with Crippen molar-refractivity contribution < 1.29 is 18.8 Å². The summed E-state index contributed by atoms with van der Waals surface area (Å²) in [6, 6.07) is 16.0. The van der Waals surface area contributed by atoms with Gasteiger partial charge in [0.05, 0.1) is 11.4 Å². The summed E-state index contributed by atoms with van der Waals surface area (Å²) in [5.74, 6) is -0.0985. The summed E-state index contributed by atoms with van der Waals surface area (Å²) in [5.41, 5.74) is 8.59. The topological polar surface area (TPSA) is 102 Å². The quantitative estimate of drug-likeness (QED) is 0.317. The van der Waals surface area contributed by atoms with Gasteiger partial charge in [0.2, 0.25) is 5.91 Å². The van der Waals surface area contributed by atoms with Crippen LogP contribution in [0.15, 0.2) is 66.1 Å². The van der Waals surface area contributed by atoms with Crippen molar-refractivity contribution in [2.24, 2.45) is 0 Å². The van der Waals surface area contributed by atoms with E-state index < -0.39 is 8.25 Å². The molecule has 1 aromatic heterocycles. The molecule has 0 saturated carbocycles. The molecule has 0 saturated heterocycles. The molecule has 1 heterocycles. The van der Waals surface area contributed by atoms with Gasteiger partial charge in [0.15, 0.2) is 5.75 Å². The maximum absolute atomic E-state index is 12.2. The van der Waals surface area contributed by atoms with E-state index in [1.54, 1.807) is 47.7 Å². The first-order chi connectivity index (χ1) is 13.0. The molecule has 0 aliphatic rings. The highest BCUT2D eigenvalue weighted by Crippen LogP contribution is 2.30. The zero-order valence-corrected chi connectivity index (χ0v) is 15.7. The number of nitrogens with two attached hydrogens (primary N) is 1. The van der Waals surface area contributed by atoms with Crippen molar-refractivity contribution in [1.29, 1.82) is 0 Å². The number of nitrogen functional groups attached to an aromatic ring is 1. The molecule has 3 rings (SSSR count). The van der Waals surface area contributed by atoms with E-state index in [4.69, 9.17) is 15.2 Å². The first kappa shape index (κ1) is 18.8. The smallest absolute Gasteiger partial charge is 0.397 e. The van der Waals surface area contributed by atoms with Crippen LogP contribution >= 0.6 is 19.6 Å². The Balaban J connectivity index is 1.71. The molecule has 0 spiro atoms. The fraction of sp³-hybridized carbons (Fsp3) is 0. The highest BCUT2D eigenvalue weighted by Gasteiger charge is 2.13. The Hall–Kier alpha value is -2.99. The molecule has 2 aromatic carbocycles. The first-order valence-electron chi connectivity index (χ1n) is 7.88. The van der Waals surface area contributed by atoms with E-state index in [1.807, 2.05) is 29.6 Å². The van der Waals surface area contributed by atoms with Crippen LogP contribution in [-0.4, -0.2) is 10.8 Å². The minimum Gasteiger partial charge on any atom is -0.397 e. The molecule has 4 N–H and O–H groups in total. The summed E-state index contributed by atoms with van der Waals surface area (Å²) < 4.78 is 15.5. The summed E-state index contributed by atoms with van der Waals surface area (Å²) in [4.78, 5) is 22.1. The fourth-order valence-electron chi connectivity index (χ4n) is 2.37. The molecule has 1 unspecified atom stereocenters. The van der Waals surface area contributed by atoms with E-state index in [0.29, 0.717) is 16.9 Å². The normalized spacial score (nSPS) is 11.4. The van der Waals surface area contributed by atoms with Crippen molar-refractivity contribution in [3.63, 3.8) is 0 Å². The molecule has 0 fully saturated rings. The average Bonchev–Trinajstić information content (AvgIpc) is 3.16. The predicted molar refractivity (Wildman–Crippen MR) is 109 cm³/mol. The molecule has 27 heavy (non-hydrogen) atoms. The standard InChI is InChI=1S/C19H15N2O4PS/c20-16-8-7-14(18-5-2-10-27-18)12-17(16)21-19(22)9-6-13-3-1-4-15(11-13)25-26(23)24/h1-12H,20H2,(H-,21,22,23,24)/p+1. The summed E-state index contributed by atoms with van der Waals surface area (Å²) in [5, 5.41) is 4.75. The molecular weight excluding hydrogens is 383 g/mol. The Bertz CT molecular complexity index is 1000. The second kappa shape index (κ2) is 8.60. The Morgan fingerprint density at radius 2 is 2.04 bits per heavy atom. The van der Waals surface area contributed by atoms with Crippen molar-refractivity contribution in [1.82, 2.24) is 0 Å². The van der Waals surface area contributed by atoms with Crippen LogP contribution in [0.4, 0.5) is 11.4 Å². The van der Waals surface area contributed by atoms with Crippen LogP contribution in [0.5, 0.6) is 5.75 Å². The van der Waals surface area contributed by atoms with Crippen molar-refractivity contribution in [3.8, 4) is 16.2 Å². The Labute approximate surface area is 160 Å². The lowest BCUT2D eigenvalue weighted by Gasteiger charge is -2.08. The molecule has 1 amide bonds. The van der Waals surface area contributed by atoms with Gasteiger partial charge in [-0.3, -0.25) is 4.79 Å². The molecule has 3 aromatic rings. The van der Waals surface area contributed by atoms with E-state index in [2.05, 4.69) is 5.32 Å². The number of nitrogens with one attached hydrogen (secondary N) is 1. The molecule has 8 heteroatoms. The third-order valence-corrected chi connectivity index (χ3v) is 4.87. The van der Waals surface area contributed by atoms with Gasteiger partial charge < -0.3 is 11.1 Å². The van der Waals surface area contributed by atoms with E-state index in [-0.39, 0.29) is 11.7 Å². The molecule has 0 bridgehead atoms. The maximum Gasteiger partial charge on any atom is 0.747 e. The second-order valence-corrected chi connectivity index (χ2v) is 7.11. The van der Waals surface area contributed by atoms with Crippen molar-refractivity contribution in [2.75, 3.05) is 11.1 Å². The summed E-state index contributed by atoms with van der Waals surface area (Å²) >= 11 is 1.60. The van der Waals surface area contributed by atoms with Crippen LogP contribution in [0.2, 0.25) is 0 Å².